The Hall–Kier alpha value is -1.26. The SMILES string of the molecule is CCN(CC)[C@@H](CNC1=NCCCN1)c1ccccc1Cl. The van der Waals surface area contributed by atoms with Crippen molar-refractivity contribution in [2.75, 3.05) is 32.7 Å². The molecule has 5 heteroatoms. The van der Waals surface area contributed by atoms with Crippen LogP contribution in [0.1, 0.15) is 31.9 Å². The molecule has 1 aliphatic heterocycles. The fraction of sp³-hybridized carbons (Fsp3) is 0.562. The quantitative estimate of drug-likeness (QED) is 0.849. The molecule has 2 N–H and O–H groups in total. The Morgan fingerprint density at radius 3 is 2.71 bits per heavy atom. The van der Waals surface area contributed by atoms with E-state index in [0.29, 0.717) is 0 Å². The fourth-order valence-electron chi connectivity index (χ4n) is 2.69. The normalized spacial score (nSPS) is 16.3. The maximum Gasteiger partial charge on any atom is 0.191 e. The summed E-state index contributed by atoms with van der Waals surface area (Å²) >= 11 is 6.40. The van der Waals surface area contributed by atoms with E-state index in [-0.39, 0.29) is 6.04 Å². The zero-order valence-corrected chi connectivity index (χ0v) is 13.7. The third kappa shape index (κ3) is 4.35. The van der Waals surface area contributed by atoms with E-state index in [0.717, 1.165) is 50.1 Å². The first-order chi connectivity index (χ1) is 10.3. The highest BCUT2D eigenvalue weighted by Crippen LogP contribution is 2.26. The minimum Gasteiger partial charge on any atom is -0.356 e. The van der Waals surface area contributed by atoms with Crippen LogP contribution in [0.2, 0.25) is 5.02 Å². The lowest BCUT2D eigenvalue weighted by molar-refractivity contribution is 0.219. The molecule has 0 spiro atoms. The first kappa shape index (κ1) is 16.1. The molecule has 0 aromatic heterocycles. The van der Waals surface area contributed by atoms with Crippen molar-refractivity contribution in [3.05, 3.63) is 34.9 Å². The maximum absolute atomic E-state index is 6.40. The molecule has 1 aromatic rings. The number of nitrogens with one attached hydrogen (secondary N) is 2. The van der Waals surface area contributed by atoms with Crippen molar-refractivity contribution in [1.82, 2.24) is 15.5 Å². The van der Waals surface area contributed by atoms with Gasteiger partial charge in [-0.2, -0.15) is 0 Å². The number of guanidine groups is 1. The van der Waals surface area contributed by atoms with Gasteiger partial charge in [0.25, 0.3) is 0 Å². The fourth-order valence-corrected chi connectivity index (χ4v) is 2.95. The van der Waals surface area contributed by atoms with E-state index in [1.807, 2.05) is 18.2 Å². The van der Waals surface area contributed by atoms with Crippen molar-refractivity contribution in [2.45, 2.75) is 26.3 Å². The number of benzene rings is 1. The lowest BCUT2D eigenvalue weighted by Crippen LogP contribution is -2.45. The first-order valence-corrected chi connectivity index (χ1v) is 8.14. The van der Waals surface area contributed by atoms with Gasteiger partial charge in [0.05, 0.1) is 6.04 Å². The van der Waals surface area contributed by atoms with E-state index in [1.165, 1.54) is 5.56 Å². The van der Waals surface area contributed by atoms with Crippen LogP contribution < -0.4 is 10.6 Å². The van der Waals surface area contributed by atoms with Crippen molar-refractivity contribution < 1.29 is 0 Å². The summed E-state index contributed by atoms with van der Waals surface area (Å²) in [5.74, 6) is 0.908. The second-order valence-electron chi connectivity index (χ2n) is 5.15. The van der Waals surface area contributed by atoms with Crippen LogP contribution >= 0.6 is 11.6 Å². The Kier molecular flexibility index (Phi) is 6.33. The topological polar surface area (TPSA) is 39.7 Å². The summed E-state index contributed by atoms with van der Waals surface area (Å²) in [5.41, 5.74) is 1.17. The molecule has 0 radical (unpaired) electrons. The standard InChI is InChI=1S/C16H25ClN4/c1-3-21(4-2)15(13-8-5-6-9-14(13)17)12-20-16-18-10-7-11-19-16/h5-6,8-9,15H,3-4,7,10-12H2,1-2H3,(H2,18,19,20)/t15-/m0/s1. The van der Waals surface area contributed by atoms with Crippen LogP contribution in [0.4, 0.5) is 0 Å². The minimum absolute atomic E-state index is 0.250. The van der Waals surface area contributed by atoms with Gasteiger partial charge in [-0.1, -0.05) is 43.6 Å². The molecular formula is C16H25ClN4. The van der Waals surface area contributed by atoms with Crippen molar-refractivity contribution >= 4 is 17.6 Å². The Morgan fingerprint density at radius 1 is 1.33 bits per heavy atom. The predicted molar refractivity (Wildman–Crippen MR) is 90.0 cm³/mol. The Morgan fingerprint density at radius 2 is 2.10 bits per heavy atom. The highest BCUT2D eigenvalue weighted by molar-refractivity contribution is 6.31. The molecule has 1 aromatic carbocycles. The largest absolute Gasteiger partial charge is 0.356 e. The molecule has 0 amide bonds. The van der Waals surface area contributed by atoms with Gasteiger partial charge in [0, 0.05) is 24.7 Å². The van der Waals surface area contributed by atoms with Crippen LogP contribution in [0.3, 0.4) is 0 Å². The molecule has 21 heavy (non-hydrogen) atoms. The third-order valence-electron chi connectivity index (χ3n) is 3.88. The third-order valence-corrected chi connectivity index (χ3v) is 4.22. The summed E-state index contributed by atoms with van der Waals surface area (Å²) in [6.07, 6.45) is 1.11. The van der Waals surface area contributed by atoms with Gasteiger partial charge in [-0.3, -0.25) is 9.89 Å². The summed E-state index contributed by atoms with van der Waals surface area (Å²) < 4.78 is 0. The molecule has 2 rings (SSSR count). The molecule has 4 nitrogen and oxygen atoms in total. The summed E-state index contributed by atoms with van der Waals surface area (Å²) in [7, 11) is 0. The molecule has 0 aliphatic carbocycles. The van der Waals surface area contributed by atoms with Crippen molar-refractivity contribution in [3.63, 3.8) is 0 Å². The van der Waals surface area contributed by atoms with Gasteiger partial charge in [0.1, 0.15) is 0 Å². The predicted octanol–water partition coefficient (Wildman–Crippen LogP) is 2.66. The second kappa shape index (κ2) is 8.25. The summed E-state index contributed by atoms with van der Waals surface area (Å²) in [5, 5.41) is 7.57. The number of rotatable bonds is 6. The van der Waals surface area contributed by atoms with Gasteiger partial charge in [0.2, 0.25) is 0 Å². The number of likely N-dealkylation sites (N-methyl/N-ethyl adjacent to an activating group) is 1. The van der Waals surface area contributed by atoms with Crippen molar-refractivity contribution in [2.24, 2.45) is 4.99 Å². The van der Waals surface area contributed by atoms with Crippen LogP contribution in [0.15, 0.2) is 29.3 Å². The average molecular weight is 309 g/mol. The Balaban J connectivity index is 2.12. The van der Waals surface area contributed by atoms with Gasteiger partial charge >= 0.3 is 0 Å². The first-order valence-electron chi connectivity index (χ1n) is 7.77. The minimum atomic E-state index is 0.250. The smallest absolute Gasteiger partial charge is 0.191 e. The van der Waals surface area contributed by atoms with Crippen LogP contribution in [0.5, 0.6) is 0 Å². The Bertz CT molecular complexity index is 471. The molecule has 0 saturated carbocycles. The van der Waals surface area contributed by atoms with Crippen molar-refractivity contribution in [1.29, 1.82) is 0 Å². The maximum atomic E-state index is 6.40. The van der Waals surface area contributed by atoms with Crippen LogP contribution in [0.25, 0.3) is 0 Å². The summed E-state index contributed by atoms with van der Waals surface area (Å²) in [4.78, 5) is 6.89. The molecule has 0 bridgehead atoms. The number of hydrogen-bond acceptors (Lipinski definition) is 4. The van der Waals surface area contributed by atoms with Gasteiger partial charge in [-0.15, -0.1) is 0 Å². The zero-order valence-electron chi connectivity index (χ0n) is 12.9. The lowest BCUT2D eigenvalue weighted by Gasteiger charge is -2.31. The van der Waals surface area contributed by atoms with Crippen molar-refractivity contribution in [3.8, 4) is 0 Å². The molecule has 0 saturated heterocycles. The zero-order chi connectivity index (χ0) is 15.1. The molecule has 116 valence electrons. The summed E-state index contributed by atoms with van der Waals surface area (Å²) in [6, 6.07) is 8.35. The number of halogens is 1. The van der Waals surface area contributed by atoms with Gasteiger partial charge in [-0.25, -0.2) is 0 Å². The summed E-state index contributed by atoms with van der Waals surface area (Å²) in [6.45, 7) is 9.05. The van der Waals surface area contributed by atoms with E-state index < -0.39 is 0 Å². The molecular weight excluding hydrogens is 284 g/mol. The van der Waals surface area contributed by atoms with Crippen LogP contribution in [-0.2, 0) is 0 Å². The molecule has 1 heterocycles. The molecule has 1 aliphatic rings. The highest BCUT2D eigenvalue weighted by atomic mass is 35.5. The van der Waals surface area contributed by atoms with Crippen LogP contribution in [-0.4, -0.2) is 43.6 Å². The van der Waals surface area contributed by atoms with E-state index >= 15 is 0 Å². The van der Waals surface area contributed by atoms with E-state index in [2.05, 4.69) is 40.4 Å². The highest BCUT2D eigenvalue weighted by Gasteiger charge is 2.20. The number of aliphatic imine (C=N–C) groups is 1. The lowest BCUT2D eigenvalue weighted by atomic mass is 10.0. The van der Waals surface area contributed by atoms with E-state index in [9.17, 15) is 0 Å². The second-order valence-corrected chi connectivity index (χ2v) is 5.56. The van der Waals surface area contributed by atoms with Gasteiger partial charge in [0.15, 0.2) is 5.96 Å². The average Bonchev–Trinajstić information content (AvgIpc) is 2.53. The monoisotopic (exact) mass is 308 g/mol. The number of nitrogens with zero attached hydrogens (tertiary/aromatic N) is 2. The van der Waals surface area contributed by atoms with Crippen LogP contribution in [0, 0.1) is 0 Å². The number of hydrogen-bond donors (Lipinski definition) is 2. The molecule has 0 fully saturated rings. The van der Waals surface area contributed by atoms with E-state index in [1.54, 1.807) is 0 Å². The molecule has 0 unspecified atom stereocenters. The molecule has 1 atom stereocenters. The van der Waals surface area contributed by atoms with Gasteiger partial charge < -0.3 is 10.6 Å². The Labute approximate surface area is 132 Å². The van der Waals surface area contributed by atoms with E-state index in [4.69, 9.17) is 11.6 Å². The van der Waals surface area contributed by atoms with Gasteiger partial charge in [-0.05, 0) is 31.1 Å².